The minimum Gasteiger partial charge on any atom is -0.457 e. The van der Waals surface area contributed by atoms with Crippen LogP contribution < -0.4 is 4.74 Å². The number of carbonyl (C=O) groups excluding carboxylic acids is 1. The zero-order valence-electron chi connectivity index (χ0n) is 17.6. The number of non-ortho nitro benzene ring substituents is 1. The van der Waals surface area contributed by atoms with Crippen LogP contribution in [0.5, 0.6) is 11.5 Å². The van der Waals surface area contributed by atoms with Crippen molar-refractivity contribution in [3.63, 3.8) is 0 Å². The molecule has 0 unspecified atom stereocenters. The summed E-state index contributed by atoms with van der Waals surface area (Å²) >= 11 is 0. The van der Waals surface area contributed by atoms with E-state index in [0.29, 0.717) is 25.3 Å². The van der Waals surface area contributed by atoms with Crippen LogP contribution in [0.3, 0.4) is 0 Å². The Hall–Kier alpha value is -4.46. The fourth-order valence-electron chi connectivity index (χ4n) is 3.99. The van der Waals surface area contributed by atoms with E-state index in [-0.39, 0.29) is 22.9 Å². The number of pyridine rings is 1. The summed E-state index contributed by atoms with van der Waals surface area (Å²) in [6.07, 6.45) is 6.36. The highest BCUT2D eigenvalue weighted by molar-refractivity contribution is 5.98. The van der Waals surface area contributed by atoms with Crippen molar-refractivity contribution in [2.24, 2.45) is 0 Å². The van der Waals surface area contributed by atoms with Gasteiger partial charge in [-0.3, -0.25) is 14.9 Å². The van der Waals surface area contributed by atoms with Crippen molar-refractivity contribution in [3.8, 4) is 11.5 Å². The first-order valence-electron chi connectivity index (χ1n) is 10.5. The maximum atomic E-state index is 13.4. The molecule has 2 aromatic heterocycles. The molecule has 1 N–H and O–H groups in total. The van der Waals surface area contributed by atoms with Crippen LogP contribution in [-0.4, -0.2) is 38.8 Å². The van der Waals surface area contributed by atoms with Crippen LogP contribution in [-0.2, 0) is 0 Å². The van der Waals surface area contributed by atoms with Crippen LogP contribution >= 0.6 is 0 Å². The summed E-state index contributed by atoms with van der Waals surface area (Å²) in [6.45, 7) is 0.889. The standard InChI is InChI=1S/C25H20N4O4/c30-25(21-15-18(29(31)32)8-9-23(21)33-19-5-2-1-3-6-19)28-13-10-17(11-14-28)22-16-27-24-20(22)7-4-12-26-24/h1-10,12,15-16H,11,13-14H2,(H,26,27). The second-order valence-corrected chi connectivity index (χ2v) is 7.69. The summed E-state index contributed by atoms with van der Waals surface area (Å²) in [4.78, 5) is 33.4. The quantitative estimate of drug-likeness (QED) is 0.340. The van der Waals surface area contributed by atoms with Gasteiger partial charge in [0.05, 0.1) is 10.5 Å². The van der Waals surface area contributed by atoms with Crippen LogP contribution in [0.25, 0.3) is 16.6 Å². The molecule has 0 bridgehead atoms. The third-order valence-corrected chi connectivity index (χ3v) is 5.67. The van der Waals surface area contributed by atoms with Crippen molar-refractivity contribution >= 4 is 28.2 Å². The van der Waals surface area contributed by atoms with E-state index in [1.54, 1.807) is 23.2 Å². The third-order valence-electron chi connectivity index (χ3n) is 5.67. The number of para-hydroxylation sites is 1. The number of aromatic amines is 1. The van der Waals surface area contributed by atoms with Gasteiger partial charge in [-0.2, -0.15) is 0 Å². The average molecular weight is 440 g/mol. The van der Waals surface area contributed by atoms with Gasteiger partial charge in [0.2, 0.25) is 0 Å². The second-order valence-electron chi connectivity index (χ2n) is 7.69. The van der Waals surface area contributed by atoms with Crippen molar-refractivity contribution in [1.82, 2.24) is 14.9 Å². The van der Waals surface area contributed by atoms with Gasteiger partial charge in [0.25, 0.3) is 11.6 Å². The van der Waals surface area contributed by atoms with Crippen molar-refractivity contribution in [1.29, 1.82) is 0 Å². The highest BCUT2D eigenvalue weighted by Crippen LogP contribution is 2.32. The third kappa shape index (κ3) is 4.06. The number of rotatable bonds is 5. The summed E-state index contributed by atoms with van der Waals surface area (Å²) < 4.78 is 5.89. The molecule has 33 heavy (non-hydrogen) atoms. The van der Waals surface area contributed by atoms with Gasteiger partial charge in [-0.1, -0.05) is 24.3 Å². The first-order chi connectivity index (χ1) is 16.1. The van der Waals surface area contributed by atoms with E-state index in [2.05, 4.69) is 9.97 Å². The number of ether oxygens (including phenoxy) is 1. The number of hydrogen-bond acceptors (Lipinski definition) is 5. The van der Waals surface area contributed by atoms with Crippen molar-refractivity contribution < 1.29 is 14.5 Å². The monoisotopic (exact) mass is 440 g/mol. The molecule has 4 aromatic rings. The molecule has 8 heteroatoms. The van der Waals surface area contributed by atoms with Gasteiger partial charge < -0.3 is 14.6 Å². The number of hydrogen-bond donors (Lipinski definition) is 1. The lowest BCUT2D eigenvalue weighted by Crippen LogP contribution is -2.34. The maximum absolute atomic E-state index is 13.4. The van der Waals surface area contributed by atoms with Gasteiger partial charge in [-0.25, -0.2) is 4.98 Å². The topological polar surface area (TPSA) is 101 Å². The molecule has 1 aliphatic heterocycles. The smallest absolute Gasteiger partial charge is 0.270 e. The number of nitro groups is 1. The van der Waals surface area contributed by atoms with Crippen LogP contribution in [0, 0.1) is 10.1 Å². The molecule has 8 nitrogen and oxygen atoms in total. The number of amides is 1. The first kappa shape index (κ1) is 20.4. The number of nitrogens with zero attached hydrogens (tertiary/aromatic N) is 3. The SMILES string of the molecule is O=C(c1cc([N+](=O)[O-])ccc1Oc1ccccc1)N1CC=C(c2c[nH]c3ncccc23)CC1. The lowest BCUT2D eigenvalue weighted by molar-refractivity contribution is -0.384. The lowest BCUT2D eigenvalue weighted by atomic mass is 9.99. The number of benzene rings is 2. The number of aromatic nitrogens is 2. The van der Waals surface area contributed by atoms with Crippen molar-refractivity contribution in [3.05, 3.63) is 100 Å². The first-order valence-corrected chi connectivity index (χ1v) is 10.5. The minimum absolute atomic E-state index is 0.154. The number of nitro benzene ring substituents is 1. The predicted molar refractivity (Wildman–Crippen MR) is 124 cm³/mol. The van der Waals surface area contributed by atoms with Crippen molar-refractivity contribution in [2.75, 3.05) is 13.1 Å². The van der Waals surface area contributed by atoms with Crippen molar-refractivity contribution in [2.45, 2.75) is 6.42 Å². The van der Waals surface area contributed by atoms with E-state index in [9.17, 15) is 14.9 Å². The number of H-pyrrole nitrogens is 1. The molecule has 0 fully saturated rings. The molecule has 3 heterocycles. The summed E-state index contributed by atoms with van der Waals surface area (Å²) in [5.41, 5.74) is 3.05. The van der Waals surface area contributed by atoms with Gasteiger partial charge in [-0.05, 0) is 42.3 Å². The van der Waals surface area contributed by atoms with E-state index in [0.717, 1.165) is 22.2 Å². The molecule has 5 rings (SSSR count). The van der Waals surface area contributed by atoms with Crippen LogP contribution in [0.1, 0.15) is 22.3 Å². The van der Waals surface area contributed by atoms with E-state index >= 15 is 0 Å². The maximum Gasteiger partial charge on any atom is 0.270 e. The predicted octanol–water partition coefficient (Wildman–Crippen LogP) is 5.19. The summed E-state index contributed by atoms with van der Waals surface area (Å²) in [5.74, 6) is 0.531. The average Bonchev–Trinajstić information content (AvgIpc) is 3.29. The molecule has 0 aliphatic carbocycles. The fourth-order valence-corrected chi connectivity index (χ4v) is 3.99. The van der Waals surface area contributed by atoms with Gasteiger partial charge in [-0.15, -0.1) is 0 Å². The molecule has 2 aromatic carbocycles. The Morgan fingerprint density at radius 3 is 2.73 bits per heavy atom. The van der Waals surface area contributed by atoms with Crippen LogP contribution in [0.4, 0.5) is 5.69 Å². The summed E-state index contributed by atoms with van der Waals surface area (Å²) in [6, 6.07) is 17.0. The molecule has 0 radical (unpaired) electrons. The Kier molecular flexibility index (Phi) is 5.32. The molecule has 164 valence electrons. The zero-order chi connectivity index (χ0) is 22.8. The Morgan fingerprint density at radius 2 is 1.97 bits per heavy atom. The summed E-state index contributed by atoms with van der Waals surface area (Å²) in [5, 5.41) is 12.4. The molecule has 0 saturated carbocycles. The van der Waals surface area contributed by atoms with Gasteiger partial charge in [0.15, 0.2) is 0 Å². The molecule has 1 amide bonds. The van der Waals surface area contributed by atoms with Crippen LogP contribution in [0.15, 0.2) is 79.1 Å². The molecule has 0 saturated heterocycles. The van der Waals surface area contributed by atoms with Gasteiger partial charge >= 0.3 is 0 Å². The van der Waals surface area contributed by atoms with Crippen LogP contribution in [0.2, 0.25) is 0 Å². The largest absolute Gasteiger partial charge is 0.457 e. The molecular weight excluding hydrogens is 420 g/mol. The number of nitrogens with one attached hydrogen (secondary N) is 1. The van der Waals surface area contributed by atoms with E-state index < -0.39 is 4.92 Å². The van der Waals surface area contributed by atoms with Gasteiger partial charge in [0, 0.05) is 48.6 Å². The van der Waals surface area contributed by atoms with Gasteiger partial charge in [0.1, 0.15) is 17.1 Å². The highest BCUT2D eigenvalue weighted by Gasteiger charge is 2.25. The number of carbonyl (C=O) groups is 1. The molecule has 1 aliphatic rings. The minimum atomic E-state index is -0.512. The Bertz CT molecular complexity index is 1380. The second kappa shape index (κ2) is 8.58. The summed E-state index contributed by atoms with van der Waals surface area (Å²) in [7, 11) is 0. The Balaban J connectivity index is 1.42. The molecule has 0 atom stereocenters. The number of fused-ring (bicyclic) bond motifs is 1. The molecular formula is C25H20N4O4. The Morgan fingerprint density at radius 1 is 1.12 bits per heavy atom. The zero-order valence-corrected chi connectivity index (χ0v) is 17.6. The van der Waals surface area contributed by atoms with E-state index in [1.807, 2.05) is 42.6 Å². The fraction of sp³-hybridized carbons (Fsp3) is 0.120. The molecule has 0 spiro atoms. The lowest BCUT2D eigenvalue weighted by Gasteiger charge is -2.27. The van der Waals surface area contributed by atoms with E-state index in [4.69, 9.17) is 4.74 Å². The Labute approximate surface area is 189 Å². The van der Waals surface area contributed by atoms with E-state index in [1.165, 1.54) is 18.2 Å². The normalized spacial score (nSPS) is 13.6. The highest BCUT2D eigenvalue weighted by atomic mass is 16.6.